The van der Waals surface area contributed by atoms with Crippen LogP contribution < -0.4 is 4.90 Å². The van der Waals surface area contributed by atoms with Gasteiger partial charge in [-0.3, -0.25) is 4.90 Å². The fourth-order valence-electron chi connectivity index (χ4n) is 4.06. The van der Waals surface area contributed by atoms with E-state index in [-0.39, 0.29) is 5.92 Å². The van der Waals surface area contributed by atoms with Gasteiger partial charge in [-0.05, 0) is 44.5 Å². The van der Waals surface area contributed by atoms with Gasteiger partial charge < -0.3 is 14.2 Å². The normalized spacial score (nSPS) is 21.2. The summed E-state index contributed by atoms with van der Waals surface area (Å²) in [6.07, 6.45) is 2.98. The molecule has 2 aliphatic rings. The molecule has 0 saturated carbocycles. The van der Waals surface area contributed by atoms with Gasteiger partial charge in [0.15, 0.2) is 17.3 Å². The van der Waals surface area contributed by atoms with Crippen LogP contribution in [-0.4, -0.2) is 75.3 Å². The van der Waals surface area contributed by atoms with Gasteiger partial charge in [-0.15, -0.1) is 15.3 Å². The first-order chi connectivity index (χ1) is 14.2. The second kappa shape index (κ2) is 7.68. The molecule has 2 saturated heterocycles. The third kappa shape index (κ3) is 3.69. The standard InChI is InChI=1S/C19H26N8O2/c1-25(2)17-4-3-16-21-22-18(27(16)23-17)13-5-8-26(9-6-13)11-15-20-19(29-24-15)14-7-10-28-12-14/h3-4,13-14H,5-12H2,1-2H3. The Morgan fingerprint density at radius 3 is 2.72 bits per heavy atom. The number of hydrogen-bond donors (Lipinski definition) is 0. The van der Waals surface area contributed by atoms with Gasteiger partial charge in [0, 0.05) is 26.6 Å². The summed E-state index contributed by atoms with van der Waals surface area (Å²) in [6, 6.07) is 3.93. The van der Waals surface area contributed by atoms with Gasteiger partial charge in [-0.25, -0.2) is 0 Å². The van der Waals surface area contributed by atoms with Gasteiger partial charge in [-0.2, -0.15) is 9.50 Å². The Hall–Kier alpha value is -2.59. The molecule has 1 unspecified atom stereocenters. The average Bonchev–Trinajstić information content (AvgIpc) is 3.48. The summed E-state index contributed by atoms with van der Waals surface area (Å²) in [5, 5.41) is 17.6. The van der Waals surface area contributed by atoms with E-state index in [1.165, 1.54) is 0 Å². The number of fused-ring (bicyclic) bond motifs is 1. The van der Waals surface area contributed by atoms with E-state index in [0.29, 0.717) is 25.0 Å². The Bertz CT molecular complexity index is 970. The molecule has 2 fully saturated rings. The number of rotatable bonds is 5. The lowest BCUT2D eigenvalue weighted by molar-refractivity contribution is 0.188. The van der Waals surface area contributed by atoms with Crippen molar-refractivity contribution in [1.82, 2.24) is 34.9 Å². The first-order valence-corrected chi connectivity index (χ1v) is 10.2. The molecule has 5 rings (SSSR count). The Morgan fingerprint density at radius 2 is 1.97 bits per heavy atom. The molecule has 0 aromatic carbocycles. The Morgan fingerprint density at radius 1 is 1.10 bits per heavy atom. The van der Waals surface area contributed by atoms with Crippen molar-refractivity contribution in [2.45, 2.75) is 37.6 Å². The molecule has 0 radical (unpaired) electrons. The predicted octanol–water partition coefficient (Wildman–Crippen LogP) is 1.46. The summed E-state index contributed by atoms with van der Waals surface area (Å²) in [6.45, 7) is 4.10. The number of piperidine rings is 1. The van der Waals surface area contributed by atoms with Crippen molar-refractivity contribution in [2.24, 2.45) is 0 Å². The number of anilines is 1. The van der Waals surface area contributed by atoms with E-state index in [1.807, 2.05) is 35.6 Å². The molecule has 154 valence electrons. The second-order valence-corrected chi connectivity index (χ2v) is 8.07. The van der Waals surface area contributed by atoms with E-state index in [9.17, 15) is 0 Å². The molecule has 3 aromatic rings. The number of likely N-dealkylation sites (tertiary alicyclic amines) is 1. The van der Waals surface area contributed by atoms with Gasteiger partial charge in [0.05, 0.1) is 19.1 Å². The van der Waals surface area contributed by atoms with E-state index in [2.05, 4.69) is 25.2 Å². The van der Waals surface area contributed by atoms with Gasteiger partial charge in [-0.1, -0.05) is 5.16 Å². The van der Waals surface area contributed by atoms with Crippen molar-refractivity contribution in [3.63, 3.8) is 0 Å². The fourth-order valence-corrected chi connectivity index (χ4v) is 4.06. The highest BCUT2D eigenvalue weighted by atomic mass is 16.5. The van der Waals surface area contributed by atoms with Gasteiger partial charge in [0.2, 0.25) is 5.89 Å². The SMILES string of the molecule is CN(C)c1ccc2nnc(C3CCN(Cc4noc(C5CCOC5)n4)CC3)n2n1. The number of nitrogens with zero attached hydrogens (tertiary/aromatic N) is 8. The summed E-state index contributed by atoms with van der Waals surface area (Å²) in [7, 11) is 3.97. The van der Waals surface area contributed by atoms with E-state index < -0.39 is 0 Å². The molecular weight excluding hydrogens is 372 g/mol. The third-order valence-corrected chi connectivity index (χ3v) is 5.81. The molecule has 5 heterocycles. The Balaban J connectivity index is 1.23. The monoisotopic (exact) mass is 398 g/mol. The van der Waals surface area contributed by atoms with Crippen molar-refractivity contribution in [3.05, 3.63) is 29.7 Å². The highest BCUT2D eigenvalue weighted by Gasteiger charge is 2.27. The number of ether oxygens (including phenoxy) is 1. The zero-order valence-corrected chi connectivity index (χ0v) is 16.9. The lowest BCUT2D eigenvalue weighted by Crippen LogP contribution is -2.33. The van der Waals surface area contributed by atoms with Gasteiger partial charge in [0.25, 0.3) is 0 Å². The molecule has 10 heteroatoms. The minimum absolute atomic E-state index is 0.253. The molecule has 0 aliphatic carbocycles. The molecule has 0 bridgehead atoms. The minimum atomic E-state index is 0.253. The van der Waals surface area contributed by atoms with E-state index in [0.717, 1.165) is 62.1 Å². The highest BCUT2D eigenvalue weighted by molar-refractivity contribution is 5.45. The molecule has 0 N–H and O–H groups in total. The quantitative estimate of drug-likeness (QED) is 0.632. The highest BCUT2D eigenvalue weighted by Crippen LogP contribution is 2.28. The molecule has 2 aliphatic heterocycles. The van der Waals surface area contributed by atoms with Crippen molar-refractivity contribution in [3.8, 4) is 0 Å². The molecule has 10 nitrogen and oxygen atoms in total. The molecule has 0 amide bonds. The lowest BCUT2D eigenvalue weighted by Gasteiger charge is -2.30. The van der Waals surface area contributed by atoms with E-state index >= 15 is 0 Å². The van der Waals surface area contributed by atoms with Crippen LogP contribution >= 0.6 is 0 Å². The van der Waals surface area contributed by atoms with Crippen LogP contribution in [0, 0.1) is 0 Å². The average molecular weight is 398 g/mol. The molecular formula is C19H26N8O2. The fraction of sp³-hybridized carbons (Fsp3) is 0.632. The maximum atomic E-state index is 5.45. The van der Waals surface area contributed by atoms with Crippen molar-refractivity contribution < 1.29 is 9.26 Å². The topological polar surface area (TPSA) is 97.7 Å². The maximum Gasteiger partial charge on any atom is 0.232 e. The lowest BCUT2D eigenvalue weighted by atomic mass is 9.96. The van der Waals surface area contributed by atoms with Crippen molar-refractivity contribution in [1.29, 1.82) is 0 Å². The van der Waals surface area contributed by atoms with Gasteiger partial charge >= 0.3 is 0 Å². The number of hydrogen-bond acceptors (Lipinski definition) is 9. The summed E-state index contributed by atoms with van der Waals surface area (Å²) >= 11 is 0. The van der Waals surface area contributed by atoms with Crippen LogP contribution in [0.4, 0.5) is 5.82 Å². The zero-order chi connectivity index (χ0) is 19.8. The van der Waals surface area contributed by atoms with E-state index in [4.69, 9.17) is 14.4 Å². The summed E-state index contributed by atoms with van der Waals surface area (Å²) in [4.78, 5) is 8.94. The maximum absolute atomic E-state index is 5.45. The van der Waals surface area contributed by atoms with Crippen molar-refractivity contribution in [2.75, 3.05) is 45.3 Å². The number of aromatic nitrogens is 6. The van der Waals surface area contributed by atoms with Gasteiger partial charge in [0.1, 0.15) is 5.82 Å². The van der Waals surface area contributed by atoms with Crippen molar-refractivity contribution >= 4 is 11.5 Å². The molecule has 0 spiro atoms. The zero-order valence-electron chi connectivity index (χ0n) is 16.9. The summed E-state index contributed by atoms with van der Waals surface area (Å²) < 4.78 is 12.8. The molecule has 1 atom stereocenters. The predicted molar refractivity (Wildman–Crippen MR) is 105 cm³/mol. The van der Waals surface area contributed by atoms with E-state index in [1.54, 1.807) is 0 Å². The summed E-state index contributed by atoms with van der Waals surface area (Å²) in [5.74, 6) is 3.93. The minimum Gasteiger partial charge on any atom is -0.381 e. The largest absolute Gasteiger partial charge is 0.381 e. The smallest absolute Gasteiger partial charge is 0.232 e. The Kier molecular flexibility index (Phi) is 4.88. The van der Waals surface area contributed by atoms with Crippen LogP contribution in [0.3, 0.4) is 0 Å². The second-order valence-electron chi connectivity index (χ2n) is 8.07. The van der Waals surface area contributed by atoms with Crippen LogP contribution in [0.2, 0.25) is 0 Å². The van der Waals surface area contributed by atoms with Crippen LogP contribution in [-0.2, 0) is 11.3 Å². The third-order valence-electron chi connectivity index (χ3n) is 5.81. The Labute approximate surface area is 168 Å². The van der Waals surface area contributed by atoms with Crippen LogP contribution in [0.5, 0.6) is 0 Å². The van der Waals surface area contributed by atoms with Crippen LogP contribution in [0.1, 0.15) is 48.6 Å². The first-order valence-electron chi connectivity index (χ1n) is 10.2. The van der Waals surface area contributed by atoms with Crippen LogP contribution in [0.15, 0.2) is 16.7 Å². The molecule has 29 heavy (non-hydrogen) atoms. The molecule has 3 aromatic heterocycles. The first kappa shape index (κ1) is 18.4. The summed E-state index contributed by atoms with van der Waals surface area (Å²) in [5.41, 5.74) is 0.795. The van der Waals surface area contributed by atoms with Crippen LogP contribution in [0.25, 0.3) is 5.65 Å².